The van der Waals surface area contributed by atoms with Crippen molar-refractivity contribution in [2.24, 2.45) is 23.7 Å². The molecular formula is C27H39NO4. The Morgan fingerprint density at radius 1 is 1.25 bits per heavy atom. The number of carbonyl (C=O) groups excluding carboxylic acids is 1. The summed E-state index contributed by atoms with van der Waals surface area (Å²) in [5.74, 6) is 6.58. The number of nitrogens with one attached hydrogen (secondary N) is 1. The molecule has 176 valence electrons. The standard InChI is InChI=1S/C27H39NO4/c1-6-8-24(9-7-2)27(29)32-26(17-28-20(3)4)19-31-25-13-12-23(21(5)16-25)14-15-30-18-22-10-11-22/h1-2,12-13,16,20-24,26,28H,8-11,14-15,17-19H2,3-5H3. The first-order valence-electron chi connectivity index (χ1n) is 11.8. The van der Waals surface area contributed by atoms with Crippen LogP contribution in [0.15, 0.2) is 24.0 Å². The first-order chi connectivity index (χ1) is 15.4. The largest absolute Gasteiger partial charge is 0.490 e. The van der Waals surface area contributed by atoms with Gasteiger partial charge in [0.05, 0.1) is 5.92 Å². The molecule has 0 amide bonds. The molecule has 1 saturated carbocycles. The molecule has 5 heteroatoms. The fourth-order valence-corrected chi connectivity index (χ4v) is 3.52. The lowest BCUT2D eigenvalue weighted by Gasteiger charge is -2.25. The quantitative estimate of drug-likeness (QED) is 0.236. The molecule has 3 unspecified atom stereocenters. The number of allylic oxidation sites excluding steroid dienone is 3. The first-order valence-corrected chi connectivity index (χ1v) is 11.8. The lowest BCUT2D eigenvalue weighted by Crippen LogP contribution is -2.38. The molecule has 1 fully saturated rings. The van der Waals surface area contributed by atoms with Gasteiger partial charge in [0.1, 0.15) is 18.5 Å². The van der Waals surface area contributed by atoms with E-state index in [0.29, 0.717) is 18.4 Å². The van der Waals surface area contributed by atoms with Crippen molar-refractivity contribution in [2.75, 3.05) is 26.4 Å². The maximum atomic E-state index is 12.6. The van der Waals surface area contributed by atoms with E-state index in [1.54, 1.807) is 0 Å². The molecule has 0 saturated heterocycles. The van der Waals surface area contributed by atoms with Gasteiger partial charge in [-0.3, -0.25) is 4.79 Å². The van der Waals surface area contributed by atoms with Crippen LogP contribution in [0.5, 0.6) is 0 Å². The van der Waals surface area contributed by atoms with Crippen molar-refractivity contribution in [2.45, 2.75) is 65.0 Å². The van der Waals surface area contributed by atoms with Gasteiger partial charge in [0.15, 0.2) is 0 Å². The second-order valence-corrected chi connectivity index (χ2v) is 9.20. The predicted molar refractivity (Wildman–Crippen MR) is 127 cm³/mol. The molecule has 1 N–H and O–H groups in total. The van der Waals surface area contributed by atoms with Crippen molar-refractivity contribution >= 4 is 5.97 Å². The van der Waals surface area contributed by atoms with E-state index in [9.17, 15) is 4.79 Å². The van der Waals surface area contributed by atoms with E-state index in [1.165, 1.54) is 12.8 Å². The summed E-state index contributed by atoms with van der Waals surface area (Å²) in [6.07, 6.45) is 20.9. The van der Waals surface area contributed by atoms with Crippen LogP contribution in [0.4, 0.5) is 0 Å². The lowest BCUT2D eigenvalue weighted by atomic mass is 9.87. The van der Waals surface area contributed by atoms with Crippen molar-refractivity contribution in [3.63, 3.8) is 0 Å². The molecular weight excluding hydrogens is 402 g/mol. The van der Waals surface area contributed by atoms with Gasteiger partial charge in [-0.1, -0.05) is 26.8 Å². The minimum atomic E-state index is -0.483. The normalized spacial score (nSPS) is 21.0. The maximum absolute atomic E-state index is 12.6. The van der Waals surface area contributed by atoms with Crippen LogP contribution in [0.3, 0.4) is 0 Å². The van der Waals surface area contributed by atoms with E-state index in [1.807, 2.05) is 19.9 Å². The van der Waals surface area contributed by atoms with Gasteiger partial charge >= 0.3 is 5.97 Å². The number of rotatable bonds is 15. The molecule has 0 bridgehead atoms. The molecule has 3 atom stereocenters. The van der Waals surface area contributed by atoms with Crippen LogP contribution < -0.4 is 5.32 Å². The molecule has 2 aliphatic carbocycles. The summed E-state index contributed by atoms with van der Waals surface area (Å²) >= 11 is 0. The third-order valence-electron chi connectivity index (χ3n) is 5.79. The number of hydrogen-bond donors (Lipinski definition) is 1. The topological polar surface area (TPSA) is 56.8 Å². The zero-order chi connectivity index (χ0) is 23.3. The van der Waals surface area contributed by atoms with E-state index in [2.05, 4.69) is 36.2 Å². The van der Waals surface area contributed by atoms with Crippen molar-refractivity contribution < 1.29 is 19.0 Å². The van der Waals surface area contributed by atoms with Gasteiger partial charge in [0.2, 0.25) is 0 Å². The van der Waals surface area contributed by atoms with Crippen molar-refractivity contribution in [3.8, 4) is 24.7 Å². The number of ether oxygens (including phenoxy) is 3. The average molecular weight is 442 g/mol. The molecule has 0 radical (unpaired) electrons. The Hall–Kier alpha value is -2.21. The van der Waals surface area contributed by atoms with Gasteiger partial charge in [-0.05, 0) is 49.2 Å². The van der Waals surface area contributed by atoms with E-state index < -0.39 is 12.0 Å². The van der Waals surface area contributed by atoms with Gasteiger partial charge < -0.3 is 19.5 Å². The highest BCUT2D eigenvalue weighted by atomic mass is 16.6. The lowest BCUT2D eigenvalue weighted by molar-refractivity contribution is -0.155. The van der Waals surface area contributed by atoms with Gasteiger partial charge in [-0.2, -0.15) is 0 Å². The molecule has 0 aromatic carbocycles. The molecule has 0 spiro atoms. The molecule has 32 heavy (non-hydrogen) atoms. The van der Waals surface area contributed by atoms with Crippen LogP contribution in [0, 0.1) is 48.4 Å². The average Bonchev–Trinajstić information content (AvgIpc) is 3.58. The Morgan fingerprint density at radius 3 is 2.56 bits per heavy atom. The highest BCUT2D eigenvalue weighted by Crippen LogP contribution is 2.30. The van der Waals surface area contributed by atoms with Gasteiger partial charge in [0.25, 0.3) is 0 Å². The molecule has 0 aromatic rings. The zero-order valence-corrected chi connectivity index (χ0v) is 19.8. The van der Waals surface area contributed by atoms with Crippen LogP contribution in [0.1, 0.15) is 52.9 Å². The van der Waals surface area contributed by atoms with Crippen LogP contribution in [-0.4, -0.2) is 44.5 Å². The van der Waals surface area contributed by atoms with Crippen LogP contribution in [-0.2, 0) is 19.0 Å². The summed E-state index contributed by atoms with van der Waals surface area (Å²) in [4.78, 5) is 12.6. The third-order valence-corrected chi connectivity index (χ3v) is 5.79. The van der Waals surface area contributed by atoms with Gasteiger partial charge in [-0.15, -0.1) is 24.7 Å². The number of esters is 1. The van der Waals surface area contributed by atoms with Gasteiger partial charge in [0, 0.05) is 38.6 Å². The van der Waals surface area contributed by atoms with E-state index in [0.717, 1.165) is 31.3 Å². The molecule has 2 rings (SSSR count). The minimum absolute atomic E-state index is 0.264. The monoisotopic (exact) mass is 441 g/mol. The van der Waals surface area contributed by atoms with Crippen LogP contribution >= 0.6 is 0 Å². The number of terminal acetylenes is 2. The molecule has 0 aliphatic heterocycles. The zero-order valence-electron chi connectivity index (χ0n) is 19.8. The highest BCUT2D eigenvalue weighted by Gasteiger charge is 2.25. The Morgan fingerprint density at radius 2 is 1.97 bits per heavy atom. The Kier molecular flexibility index (Phi) is 11.4. The van der Waals surface area contributed by atoms with Crippen LogP contribution in [0.25, 0.3) is 0 Å². The number of carbonyl (C=O) groups is 1. The fourth-order valence-electron chi connectivity index (χ4n) is 3.52. The molecule has 0 aromatic heterocycles. The van der Waals surface area contributed by atoms with E-state index >= 15 is 0 Å². The van der Waals surface area contributed by atoms with Crippen molar-refractivity contribution in [1.29, 1.82) is 0 Å². The van der Waals surface area contributed by atoms with Crippen molar-refractivity contribution in [3.05, 3.63) is 24.0 Å². The first kappa shape index (κ1) is 26.0. The van der Waals surface area contributed by atoms with Gasteiger partial charge in [-0.25, -0.2) is 0 Å². The summed E-state index contributed by atoms with van der Waals surface area (Å²) in [6, 6.07) is 0.264. The van der Waals surface area contributed by atoms with Crippen LogP contribution in [0.2, 0.25) is 0 Å². The number of hydrogen-bond acceptors (Lipinski definition) is 5. The Balaban J connectivity index is 1.83. The smallest absolute Gasteiger partial charge is 0.311 e. The minimum Gasteiger partial charge on any atom is -0.490 e. The highest BCUT2D eigenvalue weighted by molar-refractivity contribution is 5.73. The molecule has 5 nitrogen and oxygen atoms in total. The predicted octanol–water partition coefficient (Wildman–Crippen LogP) is 4.10. The maximum Gasteiger partial charge on any atom is 0.311 e. The summed E-state index contributed by atoms with van der Waals surface area (Å²) < 4.78 is 17.5. The van der Waals surface area contributed by atoms with E-state index in [-0.39, 0.29) is 31.5 Å². The van der Waals surface area contributed by atoms with E-state index in [4.69, 9.17) is 27.1 Å². The Labute approximate surface area is 194 Å². The summed E-state index contributed by atoms with van der Waals surface area (Å²) in [7, 11) is 0. The summed E-state index contributed by atoms with van der Waals surface area (Å²) in [5.41, 5.74) is 0. The second kappa shape index (κ2) is 14.0. The Bertz CT molecular complexity index is 707. The molecule has 0 heterocycles. The third kappa shape index (κ3) is 9.94. The summed E-state index contributed by atoms with van der Waals surface area (Å²) in [6.45, 7) is 8.75. The fraction of sp³-hybridized carbons (Fsp3) is 0.667. The second-order valence-electron chi connectivity index (χ2n) is 9.20. The molecule has 2 aliphatic rings. The summed E-state index contributed by atoms with van der Waals surface area (Å²) in [5, 5.41) is 3.31. The van der Waals surface area contributed by atoms with Crippen molar-refractivity contribution in [1.82, 2.24) is 5.32 Å². The SMILES string of the molecule is C#CCC(CC#C)C(=O)OC(CNC(C)C)COC1=CC(C)C(CCOCC2CC2)C=C1.